The Morgan fingerprint density at radius 3 is 2.63 bits per heavy atom. The third kappa shape index (κ3) is 2.95. The van der Waals surface area contributed by atoms with Crippen LogP contribution in [0.2, 0.25) is 5.02 Å². The summed E-state index contributed by atoms with van der Waals surface area (Å²) in [6.45, 7) is 1.91. The number of nitro benzene ring substituents is 1. The Morgan fingerprint density at radius 1 is 1.26 bits per heavy atom. The van der Waals surface area contributed by atoms with Crippen LogP contribution in [0.4, 0.5) is 11.4 Å². The molecule has 0 aliphatic carbocycles. The molecule has 2 aromatic rings. The van der Waals surface area contributed by atoms with Crippen molar-refractivity contribution in [1.29, 1.82) is 0 Å². The monoisotopic (exact) mass is 278 g/mol. The van der Waals surface area contributed by atoms with Crippen LogP contribution in [-0.4, -0.2) is 4.92 Å². The molecule has 0 amide bonds. The minimum atomic E-state index is -0.543. The zero-order valence-corrected chi connectivity index (χ0v) is 10.8. The van der Waals surface area contributed by atoms with Crippen molar-refractivity contribution in [3.05, 3.63) is 57.1 Å². The van der Waals surface area contributed by atoms with E-state index >= 15 is 0 Å². The molecule has 98 valence electrons. The van der Waals surface area contributed by atoms with Crippen LogP contribution in [0.15, 0.2) is 36.4 Å². The van der Waals surface area contributed by atoms with Gasteiger partial charge in [-0.1, -0.05) is 17.7 Å². The lowest BCUT2D eigenvalue weighted by Gasteiger charge is -2.09. The molecule has 0 unspecified atom stereocenters. The van der Waals surface area contributed by atoms with E-state index < -0.39 is 4.92 Å². The third-order valence-electron chi connectivity index (χ3n) is 2.51. The van der Waals surface area contributed by atoms with Crippen molar-refractivity contribution in [1.82, 2.24) is 0 Å². The zero-order chi connectivity index (χ0) is 14.0. The maximum absolute atomic E-state index is 10.7. The summed E-state index contributed by atoms with van der Waals surface area (Å²) in [4.78, 5) is 10.1. The Morgan fingerprint density at radius 2 is 2.00 bits per heavy atom. The van der Waals surface area contributed by atoms with E-state index in [9.17, 15) is 10.1 Å². The molecule has 0 heterocycles. The summed E-state index contributed by atoms with van der Waals surface area (Å²) in [7, 11) is 0. The number of halogens is 1. The SMILES string of the molecule is Cc1ccc(Cl)c(Oc2ccc([N+](=O)[O-])c(N)c2)c1. The van der Waals surface area contributed by atoms with Gasteiger partial charge in [0.1, 0.15) is 17.2 Å². The first-order valence-electron chi connectivity index (χ1n) is 5.45. The van der Waals surface area contributed by atoms with E-state index in [0.29, 0.717) is 16.5 Å². The number of nitrogens with zero attached hydrogens (tertiary/aromatic N) is 1. The Labute approximate surface area is 114 Å². The molecule has 5 nitrogen and oxygen atoms in total. The quantitative estimate of drug-likeness (QED) is 0.524. The van der Waals surface area contributed by atoms with E-state index in [-0.39, 0.29) is 11.4 Å². The average molecular weight is 279 g/mol. The highest BCUT2D eigenvalue weighted by molar-refractivity contribution is 6.32. The third-order valence-corrected chi connectivity index (χ3v) is 2.82. The fraction of sp³-hybridized carbons (Fsp3) is 0.0769. The van der Waals surface area contributed by atoms with Crippen molar-refractivity contribution < 1.29 is 9.66 Å². The highest BCUT2D eigenvalue weighted by atomic mass is 35.5. The standard InChI is InChI=1S/C13H11ClN2O3/c1-8-2-4-10(14)13(6-8)19-9-3-5-12(16(17)18)11(15)7-9/h2-7H,15H2,1H3. The molecule has 0 radical (unpaired) electrons. The van der Waals surface area contributed by atoms with Gasteiger partial charge in [-0.05, 0) is 30.7 Å². The van der Waals surface area contributed by atoms with Crippen molar-refractivity contribution in [3.63, 3.8) is 0 Å². The van der Waals surface area contributed by atoms with Crippen molar-refractivity contribution in [2.75, 3.05) is 5.73 Å². The molecular weight excluding hydrogens is 268 g/mol. The minimum absolute atomic E-state index is 0.0475. The maximum Gasteiger partial charge on any atom is 0.292 e. The van der Waals surface area contributed by atoms with Crippen LogP contribution in [0.3, 0.4) is 0 Å². The second-order valence-corrected chi connectivity index (χ2v) is 4.42. The molecule has 0 saturated heterocycles. The van der Waals surface area contributed by atoms with Crippen LogP contribution in [0.5, 0.6) is 11.5 Å². The smallest absolute Gasteiger partial charge is 0.292 e. The molecule has 0 atom stereocenters. The molecule has 0 saturated carbocycles. The molecule has 2 N–H and O–H groups in total. The minimum Gasteiger partial charge on any atom is -0.456 e. The second kappa shape index (κ2) is 5.16. The average Bonchev–Trinajstić information content (AvgIpc) is 2.33. The summed E-state index contributed by atoms with van der Waals surface area (Å²) in [5.74, 6) is 0.880. The first-order chi connectivity index (χ1) is 8.97. The largest absolute Gasteiger partial charge is 0.456 e. The van der Waals surface area contributed by atoms with Gasteiger partial charge in [0.15, 0.2) is 0 Å². The van der Waals surface area contributed by atoms with E-state index in [1.165, 1.54) is 18.2 Å². The fourth-order valence-electron chi connectivity index (χ4n) is 1.58. The van der Waals surface area contributed by atoms with Gasteiger partial charge in [-0.3, -0.25) is 10.1 Å². The molecule has 2 aromatic carbocycles. The van der Waals surface area contributed by atoms with Gasteiger partial charge < -0.3 is 10.5 Å². The van der Waals surface area contributed by atoms with Gasteiger partial charge in [0.25, 0.3) is 5.69 Å². The van der Waals surface area contributed by atoms with Crippen LogP contribution in [-0.2, 0) is 0 Å². The van der Waals surface area contributed by atoms with E-state index in [4.69, 9.17) is 22.1 Å². The number of nitro groups is 1. The number of ether oxygens (including phenoxy) is 1. The van der Waals surface area contributed by atoms with Gasteiger partial charge in [-0.25, -0.2) is 0 Å². The van der Waals surface area contributed by atoms with E-state index in [1.54, 1.807) is 12.1 Å². The van der Waals surface area contributed by atoms with E-state index in [0.717, 1.165) is 5.56 Å². The summed E-state index contributed by atoms with van der Waals surface area (Å²) in [5, 5.41) is 11.1. The van der Waals surface area contributed by atoms with Crippen molar-refractivity contribution in [2.24, 2.45) is 0 Å². The van der Waals surface area contributed by atoms with Crippen LogP contribution in [0.25, 0.3) is 0 Å². The Bertz CT molecular complexity index is 644. The molecule has 0 bridgehead atoms. The molecule has 0 spiro atoms. The normalized spacial score (nSPS) is 10.2. The Balaban J connectivity index is 2.31. The number of rotatable bonds is 3. The molecule has 19 heavy (non-hydrogen) atoms. The molecule has 0 aliphatic heterocycles. The lowest BCUT2D eigenvalue weighted by Crippen LogP contribution is -1.96. The van der Waals surface area contributed by atoms with Gasteiger partial charge in [-0.2, -0.15) is 0 Å². The molecule has 6 heteroatoms. The lowest BCUT2D eigenvalue weighted by molar-refractivity contribution is -0.383. The van der Waals surface area contributed by atoms with E-state index in [1.807, 2.05) is 13.0 Å². The van der Waals surface area contributed by atoms with Gasteiger partial charge in [0.2, 0.25) is 0 Å². The van der Waals surface area contributed by atoms with Crippen LogP contribution >= 0.6 is 11.6 Å². The number of anilines is 1. The zero-order valence-electron chi connectivity index (χ0n) is 10.1. The Kier molecular flexibility index (Phi) is 3.57. The highest BCUT2D eigenvalue weighted by Crippen LogP contribution is 2.33. The summed E-state index contributed by atoms with van der Waals surface area (Å²) >= 11 is 6.00. The molecule has 0 aromatic heterocycles. The highest BCUT2D eigenvalue weighted by Gasteiger charge is 2.12. The van der Waals surface area contributed by atoms with Crippen molar-refractivity contribution >= 4 is 23.0 Å². The predicted molar refractivity (Wildman–Crippen MR) is 73.8 cm³/mol. The van der Waals surface area contributed by atoms with Gasteiger partial charge in [-0.15, -0.1) is 0 Å². The number of nitrogens with two attached hydrogens (primary N) is 1. The first-order valence-corrected chi connectivity index (χ1v) is 5.83. The number of hydrogen-bond donors (Lipinski definition) is 1. The van der Waals surface area contributed by atoms with Crippen LogP contribution in [0.1, 0.15) is 5.56 Å². The summed E-state index contributed by atoms with van der Waals surface area (Å²) in [5.41, 5.74) is 6.48. The first kappa shape index (κ1) is 13.2. The van der Waals surface area contributed by atoms with Crippen LogP contribution in [0, 0.1) is 17.0 Å². The predicted octanol–water partition coefficient (Wildman–Crippen LogP) is 3.93. The number of hydrogen-bond acceptors (Lipinski definition) is 4. The lowest BCUT2D eigenvalue weighted by atomic mass is 10.2. The molecule has 0 aliphatic rings. The summed E-state index contributed by atoms with van der Waals surface area (Å²) < 4.78 is 5.57. The molecule has 2 rings (SSSR count). The van der Waals surface area contributed by atoms with Crippen molar-refractivity contribution in [3.8, 4) is 11.5 Å². The summed E-state index contributed by atoms with van der Waals surface area (Å²) in [6, 6.07) is 9.54. The van der Waals surface area contributed by atoms with Crippen molar-refractivity contribution in [2.45, 2.75) is 6.92 Å². The Hall–Kier alpha value is -2.27. The van der Waals surface area contributed by atoms with Gasteiger partial charge >= 0.3 is 0 Å². The summed E-state index contributed by atoms with van der Waals surface area (Å²) in [6.07, 6.45) is 0. The van der Waals surface area contributed by atoms with Gasteiger partial charge in [0.05, 0.1) is 9.95 Å². The second-order valence-electron chi connectivity index (χ2n) is 4.01. The van der Waals surface area contributed by atoms with Crippen LogP contribution < -0.4 is 10.5 Å². The number of aryl methyl sites for hydroxylation is 1. The van der Waals surface area contributed by atoms with E-state index in [2.05, 4.69) is 0 Å². The topological polar surface area (TPSA) is 78.4 Å². The fourth-order valence-corrected chi connectivity index (χ4v) is 1.73. The maximum atomic E-state index is 10.7. The number of nitrogen functional groups attached to an aromatic ring is 1. The molecule has 0 fully saturated rings. The van der Waals surface area contributed by atoms with Gasteiger partial charge in [0, 0.05) is 12.1 Å². The number of benzene rings is 2. The molecular formula is C13H11ClN2O3.